The van der Waals surface area contributed by atoms with Crippen LogP contribution in [0.2, 0.25) is 0 Å². The third-order valence-corrected chi connectivity index (χ3v) is 3.96. The summed E-state index contributed by atoms with van der Waals surface area (Å²) in [6, 6.07) is 14.0. The number of hydrogen-bond acceptors (Lipinski definition) is 4. The molecule has 0 saturated heterocycles. The van der Waals surface area contributed by atoms with E-state index in [9.17, 15) is 4.39 Å². The van der Waals surface area contributed by atoms with Crippen molar-refractivity contribution in [3.05, 3.63) is 65.7 Å². The molecule has 0 unspecified atom stereocenters. The Hall–Kier alpha value is -3.42. The molecule has 0 fully saturated rings. The van der Waals surface area contributed by atoms with Gasteiger partial charge in [-0.2, -0.15) is 5.10 Å². The van der Waals surface area contributed by atoms with E-state index in [2.05, 4.69) is 30.8 Å². The van der Waals surface area contributed by atoms with Crippen molar-refractivity contribution in [2.75, 3.05) is 13.7 Å². The van der Waals surface area contributed by atoms with Gasteiger partial charge >= 0.3 is 0 Å². The smallest absolute Gasteiger partial charge is 0.191 e. The zero-order chi connectivity index (χ0) is 19.8. The topological polar surface area (TPSA) is 87.2 Å². The van der Waals surface area contributed by atoms with E-state index < -0.39 is 0 Å². The molecule has 7 nitrogen and oxygen atoms in total. The maximum atomic E-state index is 13.3. The van der Waals surface area contributed by atoms with Gasteiger partial charge in [-0.05, 0) is 48.9 Å². The predicted octanol–water partition coefficient (Wildman–Crippen LogP) is 2.87. The molecule has 3 rings (SSSR count). The van der Waals surface area contributed by atoms with Crippen LogP contribution in [0.4, 0.5) is 4.39 Å². The van der Waals surface area contributed by atoms with Crippen LogP contribution < -0.4 is 15.4 Å². The van der Waals surface area contributed by atoms with Crippen LogP contribution >= 0.6 is 0 Å². The number of halogens is 1. The van der Waals surface area contributed by atoms with Crippen molar-refractivity contribution in [1.82, 2.24) is 25.8 Å². The minimum absolute atomic E-state index is 0.265. The highest BCUT2D eigenvalue weighted by atomic mass is 19.1. The molecule has 0 atom stereocenters. The zero-order valence-corrected chi connectivity index (χ0v) is 15.9. The van der Waals surface area contributed by atoms with Crippen LogP contribution in [0.3, 0.4) is 0 Å². The first-order valence-corrected chi connectivity index (χ1v) is 9.00. The van der Waals surface area contributed by atoms with E-state index in [0.717, 1.165) is 16.9 Å². The zero-order valence-electron chi connectivity index (χ0n) is 15.9. The molecule has 0 aliphatic rings. The minimum Gasteiger partial charge on any atom is -0.497 e. The third-order valence-electron chi connectivity index (χ3n) is 3.96. The molecule has 0 radical (unpaired) electrons. The molecule has 0 bridgehead atoms. The first-order chi connectivity index (χ1) is 13.7. The number of ether oxygens (including phenoxy) is 1. The number of benzene rings is 2. The standard InChI is InChI=1S/C20H23FN6O/c1-3-22-20(23-12-14-5-4-6-16(21)11-14)24-13-18-25-19(27-26-18)15-7-9-17(28-2)10-8-15/h4-11H,3,12-13H2,1-2H3,(H2,22,23,24)(H,25,26,27). The highest BCUT2D eigenvalue weighted by Gasteiger charge is 2.07. The summed E-state index contributed by atoms with van der Waals surface area (Å²) in [5.74, 6) is 2.43. The fraction of sp³-hybridized carbons (Fsp3) is 0.250. The lowest BCUT2D eigenvalue weighted by Crippen LogP contribution is -2.37. The lowest BCUT2D eigenvalue weighted by atomic mass is 10.2. The van der Waals surface area contributed by atoms with Crippen molar-refractivity contribution in [3.63, 3.8) is 0 Å². The summed E-state index contributed by atoms with van der Waals surface area (Å²) in [4.78, 5) is 8.97. The molecule has 28 heavy (non-hydrogen) atoms. The lowest BCUT2D eigenvalue weighted by Gasteiger charge is -2.10. The van der Waals surface area contributed by atoms with E-state index >= 15 is 0 Å². The van der Waals surface area contributed by atoms with Crippen LogP contribution in [-0.2, 0) is 13.1 Å². The van der Waals surface area contributed by atoms with Crippen molar-refractivity contribution in [2.24, 2.45) is 4.99 Å². The van der Waals surface area contributed by atoms with Crippen LogP contribution in [0.25, 0.3) is 11.4 Å². The quantitative estimate of drug-likeness (QED) is 0.432. The van der Waals surface area contributed by atoms with E-state index in [1.54, 1.807) is 13.2 Å². The second-order valence-electron chi connectivity index (χ2n) is 6.01. The van der Waals surface area contributed by atoms with Crippen molar-refractivity contribution in [2.45, 2.75) is 20.0 Å². The Bertz CT molecular complexity index is 922. The van der Waals surface area contributed by atoms with E-state index in [0.29, 0.717) is 37.2 Å². The molecule has 1 heterocycles. The molecule has 3 N–H and O–H groups in total. The molecule has 3 aromatic rings. The van der Waals surface area contributed by atoms with E-state index in [1.807, 2.05) is 37.3 Å². The molecule has 1 aromatic heterocycles. The van der Waals surface area contributed by atoms with Crippen LogP contribution in [0, 0.1) is 5.82 Å². The molecule has 2 aromatic carbocycles. The van der Waals surface area contributed by atoms with Gasteiger partial charge < -0.3 is 15.4 Å². The Balaban J connectivity index is 1.61. The predicted molar refractivity (Wildman–Crippen MR) is 106 cm³/mol. The monoisotopic (exact) mass is 382 g/mol. The number of H-pyrrole nitrogens is 1. The first-order valence-electron chi connectivity index (χ1n) is 9.00. The minimum atomic E-state index is -0.265. The summed E-state index contributed by atoms with van der Waals surface area (Å²) in [5, 5.41) is 13.5. The molecule has 0 saturated carbocycles. The average Bonchev–Trinajstić information content (AvgIpc) is 3.19. The molecular formula is C20H23FN6O. The number of hydrogen-bond donors (Lipinski definition) is 3. The number of rotatable bonds is 7. The average molecular weight is 382 g/mol. The van der Waals surface area contributed by atoms with Crippen molar-refractivity contribution in [3.8, 4) is 17.1 Å². The van der Waals surface area contributed by atoms with Crippen molar-refractivity contribution in [1.29, 1.82) is 0 Å². The van der Waals surface area contributed by atoms with Gasteiger partial charge in [0, 0.05) is 12.1 Å². The Morgan fingerprint density at radius 3 is 2.71 bits per heavy atom. The van der Waals surface area contributed by atoms with Gasteiger partial charge in [0.15, 0.2) is 11.8 Å². The maximum Gasteiger partial charge on any atom is 0.191 e. The number of nitrogens with zero attached hydrogens (tertiary/aromatic N) is 3. The van der Waals surface area contributed by atoms with Crippen LogP contribution in [-0.4, -0.2) is 34.8 Å². The third kappa shape index (κ3) is 5.29. The first kappa shape index (κ1) is 19.3. The van der Waals surface area contributed by atoms with Gasteiger partial charge in [0.25, 0.3) is 0 Å². The number of aliphatic imine (C=N–C) groups is 1. The van der Waals surface area contributed by atoms with Crippen LogP contribution in [0.1, 0.15) is 18.3 Å². The second-order valence-corrected chi connectivity index (χ2v) is 6.01. The Morgan fingerprint density at radius 2 is 2.00 bits per heavy atom. The molecule has 0 spiro atoms. The Labute approximate surface area is 163 Å². The Morgan fingerprint density at radius 1 is 1.18 bits per heavy atom. The number of aromatic amines is 1. The van der Waals surface area contributed by atoms with Gasteiger partial charge in [0.1, 0.15) is 17.4 Å². The second kappa shape index (κ2) is 9.50. The van der Waals surface area contributed by atoms with E-state index in [1.165, 1.54) is 12.1 Å². The van der Waals surface area contributed by atoms with Gasteiger partial charge in [-0.25, -0.2) is 14.4 Å². The number of nitrogens with one attached hydrogen (secondary N) is 3. The van der Waals surface area contributed by atoms with Crippen LogP contribution in [0.15, 0.2) is 53.5 Å². The van der Waals surface area contributed by atoms with Gasteiger partial charge in [-0.3, -0.25) is 5.10 Å². The molecule has 0 aliphatic heterocycles. The van der Waals surface area contributed by atoms with E-state index in [4.69, 9.17) is 4.74 Å². The summed E-state index contributed by atoms with van der Waals surface area (Å²) in [7, 11) is 1.63. The molecule has 0 aliphatic carbocycles. The summed E-state index contributed by atoms with van der Waals surface area (Å²) >= 11 is 0. The van der Waals surface area contributed by atoms with E-state index in [-0.39, 0.29) is 5.82 Å². The number of guanidine groups is 1. The molecule has 146 valence electrons. The van der Waals surface area contributed by atoms with Gasteiger partial charge in [0.2, 0.25) is 0 Å². The number of aromatic nitrogens is 3. The van der Waals surface area contributed by atoms with Crippen molar-refractivity contribution < 1.29 is 9.13 Å². The summed E-state index contributed by atoms with van der Waals surface area (Å²) < 4.78 is 18.4. The SMILES string of the molecule is CCNC(=NCc1cccc(F)c1)NCc1nc(-c2ccc(OC)cc2)n[nH]1. The summed E-state index contributed by atoms with van der Waals surface area (Å²) in [6.45, 7) is 3.50. The molecular weight excluding hydrogens is 359 g/mol. The highest BCUT2D eigenvalue weighted by Crippen LogP contribution is 2.18. The summed E-state index contributed by atoms with van der Waals surface area (Å²) in [5.41, 5.74) is 1.70. The fourth-order valence-corrected chi connectivity index (χ4v) is 2.56. The summed E-state index contributed by atoms with van der Waals surface area (Å²) in [6.07, 6.45) is 0. The maximum absolute atomic E-state index is 13.3. The van der Waals surface area contributed by atoms with Gasteiger partial charge in [-0.1, -0.05) is 12.1 Å². The largest absolute Gasteiger partial charge is 0.497 e. The van der Waals surface area contributed by atoms with Gasteiger partial charge in [-0.15, -0.1) is 0 Å². The molecule has 0 amide bonds. The number of methoxy groups -OCH3 is 1. The normalized spacial score (nSPS) is 11.3. The Kier molecular flexibility index (Phi) is 6.56. The van der Waals surface area contributed by atoms with Crippen molar-refractivity contribution >= 4 is 5.96 Å². The lowest BCUT2D eigenvalue weighted by molar-refractivity contribution is 0.415. The highest BCUT2D eigenvalue weighted by molar-refractivity contribution is 5.79. The molecule has 8 heteroatoms. The van der Waals surface area contributed by atoms with Gasteiger partial charge in [0.05, 0.1) is 20.2 Å². The van der Waals surface area contributed by atoms with Crippen LogP contribution in [0.5, 0.6) is 5.75 Å². The fourth-order valence-electron chi connectivity index (χ4n) is 2.56.